The van der Waals surface area contributed by atoms with Crippen LogP contribution in [-0.4, -0.2) is 28.6 Å². The lowest BCUT2D eigenvalue weighted by atomic mass is 10.1. The minimum absolute atomic E-state index is 0.190. The van der Waals surface area contributed by atoms with Crippen LogP contribution in [-0.2, 0) is 4.79 Å². The summed E-state index contributed by atoms with van der Waals surface area (Å²) in [6.45, 7) is 6.98. The van der Waals surface area contributed by atoms with Crippen LogP contribution in [0.25, 0.3) is 10.9 Å². The van der Waals surface area contributed by atoms with Crippen LogP contribution in [0.15, 0.2) is 30.3 Å². The second kappa shape index (κ2) is 6.57. The maximum atomic E-state index is 10.7. The highest BCUT2D eigenvalue weighted by atomic mass is 16.4. The Hall–Kier alpha value is -2.10. The highest BCUT2D eigenvalue weighted by Gasteiger charge is 2.15. The zero-order chi connectivity index (χ0) is 15.4. The maximum Gasteiger partial charge on any atom is 0.303 e. The number of carboxylic acids is 1. The van der Waals surface area contributed by atoms with E-state index >= 15 is 0 Å². The minimum Gasteiger partial charge on any atom is -0.481 e. The summed E-state index contributed by atoms with van der Waals surface area (Å²) in [5.74, 6) is 0.205. The van der Waals surface area contributed by atoms with Gasteiger partial charge >= 0.3 is 5.97 Å². The van der Waals surface area contributed by atoms with Gasteiger partial charge in [-0.25, -0.2) is 4.98 Å². The van der Waals surface area contributed by atoms with Gasteiger partial charge in [-0.15, -0.1) is 0 Å². The molecule has 21 heavy (non-hydrogen) atoms. The molecule has 4 heteroatoms. The minimum atomic E-state index is -0.748. The second-order valence-corrected chi connectivity index (χ2v) is 5.61. The Labute approximate surface area is 125 Å². The second-order valence-electron chi connectivity index (χ2n) is 5.61. The van der Waals surface area contributed by atoms with Gasteiger partial charge in [-0.2, -0.15) is 0 Å². The van der Waals surface area contributed by atoms with E-state index in [9.17, 15) is 4.79 Å². The molecule has 0 aliphatic rings. The van der Waals surface area contributed by atoms with Crippen LogP contribution in [0.3, 0.4) is 0 Å². The molecule has 0 amide bonds. The summed E-state index contributed by atoms with van der Waals surface area (Å²) in [6, 6.07) is 10.5. The Morgan fingerprint density at radius 1 is 1.33 bits per heavy atom. The van der Waals surface area contributed by atoms with Gasteiger partial charge in [-0.1, -0.05) is 18.2 Å². The molecule has 0 saturated carbocycles. The van der Waals surface area contributed by atoms with Crippen molar-refractivity contribution >= 4 is 22.7 Å². The molecular formula is C17H22N2O2. The van der Waals surface area contributed by atoms with E-state index in [1.54, 1.807) is 0 Å². The molecule has 2 aromatic rings. The average Bonchev–Trinajstić information content (AvgIpc) is 2.42. The Balaban J connectivity index is 2.30. The van der Waals surface area contributed by atoms with E-state index in [0.717, 1.165) is 22.3 Å². The number of nitrogens with zero attached hydrogens (tertiary/aromatic N) is 2. The third-order valence-corrected chi connectivity index (χ3v) is 3.57. The van der Waals surface area contributed by atoms with Crippen LogP contribution in [0.5, 0.6) is 0 Å². The Kier molecular flexibility index (Phi) is 4.78. The van der Waals surface area contributed by atoms with E-state index < -0.39 is 5.97 Å². The molecule has 112 valence electrons. The summed E-state index contributed by atoms with van der Waals surface area (Å²) in [7, 11) is 0. The SMILES string of the molecule is Cc1cc2ccccc2nc1N(CCCC(=O)O)C(C)C. The van der Waals surface area contributed by atoms with Crippen molar-refractivity contribution in [2.45, 2.75) is 39.7 Å². The monoisotopic (exact) mass is 286 g/mol. The molecule has 0 atom stereocenters. The first kappa shape index (κ1) is 15.3. The van der Waals surface area contributed by atoms with Gasteiger partial charge in [0.25, 0.3) is 0 Å². The molecule has 0 saturated heterocycles. The van der Waals surface area contributed by atoms with E-state index in [1.165, 1.54) is 0 Å². The fraction of sp³-hybridized carbons (Fsp3) is 0.412. The third-order valence-electron chi connectivity index (χ3n) is 3.57. The van der Waals surface area contributed by atoms with Gasteiger partial charge < -0.3 is 10.0 Å². The number of anilines is 1. The van der Waals surface area contributed by atoms with Crippen LogP contribution >= 0.6 is 0 Å². The quantitative estimate of drug-likeness (QED) is 0.881. The van der Waals surface area contributed by atoms with Crippen molar-refractivity contribution in [3.8, 4) is 0 Å². The van der Waals surface area contributed by atoms with Crippen molar-refractivity contribution in [1.29, 1.82) is 0 Å². The number of fused-ring (bicyclic) bond motifs is 1. The fourth-order valence-corrected chi connectivity index (χ4v) is 2.51. The number of para-hydroxylation sites is 1. The van der Waals surface area contributed by atoms with Gasteiger partial charge in [0, 0.05) is 24.4 Å². The Bertz CT molecular complexity index is 638. The van der Waals surface area contributed by atoms with Crippen molar-refractivity contribution in [3.63, 3.8) is 0 Å². The number of pyridine rings is 1. The molecular weight excluding hydrogens is 264 g/mol. The zero-order valence-corrected chi connectivity index (χ0v) is 12.8. The first-order valence-corrected chi connectivity index (χ1v) is 7.34. The maximum absolute atomic E-state index is 10.7. The normalized spacial score (nSPS) is 11.0. The van der Waals surface area contributed by atoms with Crippen molar-refractivity contribution in [2.75, 3.05) is 11.4 Å². The van der Waals surface area contributed by atoms with Gasteiger partial charge in [0.2, 0.25) is 0 Å². The lowest BCUT2D eigenvalue weighted by molar-refractivity contribution is -0.137. The molecule has 1 aromatic heterocycles. The topological polar surface area (TPSA) is 53.4 Å². The van der Waals surface area contributed by atoms with Crippen LogP contribution in [0.2, 0.25) is 0 Å². The molecule has 0 fully saturated rings. The van der Waals surface area contributed by atoms with Crippen molar-refractivity contribution in [3.05, 3.63) is 35.9 Å². The van der Waals surface area contributed by atoms with E-state index in [-0.39, 0.29) is 12.5 Å². The zero-order valence-electron chi connectivity index (χ0n) is 12.8. The molecule has 0 aliphatic heterocycles. The summed E-state index contributed by atoms with van der Waals surface area (Å²) in [6.07, 6.45) is 0.817. The predicted octanol–water partition coefficient (Wildman–Crippen LogP) is 3.62. The predicted molar refractivity (Wildman–Crippen MR) is 85.8 cm³/mol. The molecule has 0 aliphatic carbocycles. The largest absolute Gasteiger partial charge is 0.481 e. The molecule has 2 rings (SSSR count). The molecule has 1 N–H and O–H groups in total. The molecule has 0 spiro atoms. The number of hydrogen-bond acceptors (Lipinski definition) is 3. The van der Waals surface area contributed by atoms with E-state index in [4.69, 9.17) is 10.1 Å². The van der Waals surface area contributed by atoms with Gasteiger partial charge in [0.15, 0.2) is 0 Å². The highest BCUT2D eigenvalue weighted by molar-refractivity contribution is 5.81. The van der Waals surface area contributed by atoms with E-state index in [1.807, 2.05) is 18.2 Å². The van der Waals surface area contributed by atoms with Crippen molar-refractivity contribution in [2.24, 2.45) is 0 Å². The number of carbonyl (C=O) groups is 1. The molecule has 1 aromatic carbocycles. The summed E-state index contributed by atoms with van der Waals surface area (Å²) in [4.78, 5) is 17.7. The average molecular weight is 286 g/mol. The first-order valence-electron chi connectivity index (χ1n) is 7.34. The number of carboxylic acid groups (broad SMARTS) is 1. The smallest absolute Gasteiger partial charge is 0.303 e. The van der Waals surface area contributed by atoms with Crippen LogP contribution in [0.4, 0.5) is 5.82 Å². The Morgan fingerprint density at radius 3 is 2.71 bits per heavy atom. The molecule has 0 bridgehead atoms. The summed E-state index contributed by atoms with van der Waals surface area (Å²) in [5, 5.41) is 9.93. The van der Waals surface area contributed by atoms with E-state index in [2.05, 4.69) is 37.8 Å². The molecule has 1 heterocycles. The number of rotatable bonds is 6. The number of hydrogen-bond donors (Lipinski definition) is 1. The number of aromatic nitrogens is 1. The summed E-state index contributed by atoms with van der Waals surface area (Å²) in [5.41, 5.74) is 2.10. The summed E-state index contributed by atoms with van der Waals surface area (Å²) >= 11 is 0. The van der Waals surface area contributed by atoms with Gasteiger partial charge in [-0.05, 0) is 44.9 Å². The van der Waals surface area contributed by atoms with Crippen molar-refractivity contribution in [1.82, 2.24) is 4.98 Å². The van der Waals surface area contributed by atoms with Gasteiger partial charge in [0.05, 0.1) is 5.52 Å². The highest BCUT2D eigenvalue weighted by Crippen LogP contribution is 2.24. The van der Waals surface area contributed by atoms with E-state index in [0.29, 0.717) is 13.0 Å². The third kappa shape index (κ3) is 3.72. The number of benzene rings is 1. The van der Waals surface area contributed by atoms with Gasteiger partial charge in [-0.3, -0.25) is 4.79 Å². The molecule has 0 radical (unpaired) electrons. The van der Waals surface area contributed by atoms with Crippen LogP contribution in [0, 0.1) is 6.92 Å². The standard InChI is InChI=1S/C17H22N2O2/c1-12(2)19(10-6-9-16(20)21)17-13(3)11-14-7-4-5-8-15(14)18-17/h4-5,7-8,11-12H,6,9-10H2,1-3H3,(H,20,21). The number of aryl methyl sites for hydroxylation is 1. The molecule has 4 nitrogen and oxygen atoms in total. The van der Waals surface area contributed by atoms with Crippen LogP contribution in [0.1, 0.15) is 32.3 Å². The lowest BCUT2D eigenvalue weighted by Crippen LogP contribution is -2.33. The summed E-state index contributed by atoms with van der Waals surface area (Å²) < 4.78 is 0. The Morgan fingerprint density at radius 2 is 2.05 bits per heavy atom. The molecule has 0 unspecified atom stereocenters. The van der Waals surface area contributed by atoms with Crippen molar-refractivity contribution < 1.29 is 9.90 Å². The van der Waals surface area contributed by atoms with Crippen LogP contribution < -0.4 is 4.90 Å². The fourth-order valence-electron chi connectivity index (χ4n) is 2.51. The number of aliphatic carboxylic acids is 1. The van der Waals surface area contributed by atoms with Gasteiger partial charge in [0.1, 0.15) is 5.82 Å². The first-order chi connectivity index (χ1) is 9.99. The lowest BCUT2D eigenvalue weighted by Gasteiger charge is -2.29.